The lowest BCUT2D eigenvalue weighted by atomic mass is 9.80. The molecule has 2 aliphatic rings. The van der Waals surface area contributed by atoms with Gasteiger partial charge >= 0.3 is 6.36 Å². The Morgan fingerprint density at radius 2 is 1.75 bits per heavy atom. The Morgan fingerprint density at radius 1 is 1.11 bits per heavy atom. The molecule has 0 amide bonds. The van der Waals surface area contributed by atoms with E-state index < -0.39 is 6.36 Å². The highest BCUT2D eigenvalue weighted by Gasteiger charge is 2.42. The normalized spacial score (nSPS) is 20.4. The number of quaternary nitrogens is 1. The number of rotatable bonds is 5. The molecule has 0 atom stereocenters. The van der Waals surface area contributed by atoms with Crippen LogP contribution in [0.4, 0.5) is 18.9 Å². The van der Waals surface area contributed by atoms with Crippen LogP contribution < -0.4 is 20.3 Å². The van der Waals surface area contributed by atoms with E-state index in [1.165, 1.54) is 56.4 Å². The Bertz CT molecular complexity index is 643. The van der Waals surface area contributed by atoms with E-state index >= 15 is 0 Å². The summed E-state index contributed by atoms with van der Waals surface area (Å²) < 4.78 is 46.1. The number of morpholine rings is 1. The summed E-state index contributed by atoms with van der Waals surface area (Å²) in [4.78, 5) is 1.59. The fraction of sp³-hybridized carbons (Fsp3) is 0.632. The molecule has 1 aliphatic heterocycles. The molecule has 1 aliphatic carbocycles. The van der Waals surface area contributed by atoms with Crippen LogP contribution in [0, 0.1) is 0 Å². The molecule has 0 aromatic heterocycles. The highest BCUT2D eigenvalue weighted by atomic mass is 32.1. The standard InChI is InChI=1S/C19H26F3N3O2S/c20-19(21,22)27-16-6-4-15(5-7-16)24-17(28)23-14-18(8-2-1-3-9-18)25-10-12-26-13-11-25/h4-7H,1-3,8-14H2,(H2,23,24,28)/p+1. The minimum Gasteiger partial charge on any atom is -0.406 e. The van der Waals surface area contributed by atoms with Crippen LogP contribution in [-0.4, -0.2) is 49.9 Å². The molecular weight excluding hydrogens is 391 g/mol. The number of anilines is 1. The average molecular weight is 419 g/mol. The minimum absolute atomic E-state index is 0.165. The first-order valence-electron chi connectivity index (χ1n) is 9.70. The van der Waals surface area contributed by atoms with Crippen LogP contribution in [0.3, 0.4) is 0 Å². The zero-order chi connectivity index (χ0) is 20.0. The Morgan fingerprint density at radius 3 is 2.36 bits per heavy atom. The summed E-state index contributed by atoms with van der Waals surface area (Å²) in [7, 11) is 0. The second-order valence-electron chi connectivity index (χ2n) is 7.44. The van der Waals surface area contributed by atoms with Crippen molar-refractivity contribution in [3.05, 3.63) is 24.3 Å². The molecule has 2 fully saturated rings. The molecule has 0 spiro atoms. The molecule has 0 bridgehead atoms. The van der Waals surface area contributed by atoms with E-state index in [4.69, 9.17) is 17.0 Å². The number of alkyl halides is 3. The SMILES string of the molecule is FC(F)(F)Oc1ccc(NC(=S)NCC2([NH+]3CCOCC3)CCCCC2)cc1. The van der Waals surface area contributed by atoms with Gasteiger partial charge in [0.25, 0.3) is 0 Å². The van der Waals surface area contributed by atoms with Gasteiger partial charge in [0.15, 0.2) is 5.11 Å². The van der Waals surface area contributed by atoms with E-state index in [-0.39, 0.29) is 11.3 Å². The van der Waals surface area contributed by atoms with Crippen molar-refractivity contribution in [2.24, 2.45) is 0 Å². The first-order chi connectivity index (χ1) is 13.4. The molecule has 156 valence electrons. The van der Waals surface area contributed by atoms with Crippen molar-refractivity contribution in [1.82, 2.24) is 5.32 Å². The van der Waals surface area contributed by atoms with E-state index in [2.05, 4.69) is 15.4 Å². The molecule has 5 nitrogen and oxygen atoms in total. The van der Waals surface area contributed by atoms with Gasteiger partial charge in [-0.2, -0.15) is 0 Å². The topological polar surface area (TPSA) is 47.0 Å². The number of ether oxygens (including phenoxy) is 2. The van der Waals surface area contributed by atoms with Crippen molar-refractivity contribution in [3.63, 3.8) is 0 Å². The van der Waals surface area contributed by atoms with E-state index in [1.807, 2.05) is 0 Å². The van der Waals surface area contributed by atoms with Gasteiger partial charge in [0.05, 0.1) is 19.8 Å². The second-order valence-corrected chi connectivity index (χ2v) is 7.85. The zero-order valence-electron chi connectivity index (χ0n) is 15.7. The van der Waals surface area contributed by atoms with Crippen molar-refractivity contribution in [1.29, 1.82) is 0 Å². The van der Waals surface area contributed by atoms with Gasteiger partial charge in [-0.25, -0.2) is 0 Å². The molecule has 1 aromatic carbocycles. The number of thiocarbonyl (C=S) groups is 1. The van der Waals surface area contributed by atoms with Crippen molar-refractivity contribution < 1.29 is 27.5 Å². The van der Waals surface area contributed by atoms with Crippen molar-refractivity contribution in [2.75, 3.05) is 38.2 Å². The van der Waals surface area contributed by atoms with Gasteiger partial charge < -0.3 is 25.0 Å². The monoisotopic (exact) mass is 418 g/mol. The van der Waals surface area contributed by atoms with Crippen LogP contribution in [0.5, 0.6) is 5.75 Å². The quantitative estimate of drug-likeness (QED) is 0.642. The smallest absolute Gasteiger partial charge is 0.406 e. The third-order valence-corrected chi connectivity index (χ3v) is 5.84. The van der Waals surface area contributed by atoms with Gasteiger partial charge in [-0.3, -0.25) is 0 Å². The van der Waals surface area contributed by atoms with Crippen LogP contribution in [0.2, 0.25) is 0 Å². The van der Waals surface area contributed by atoms with Gasteiger partial charge in [-0.05, 0) is 49.3 Å². The number of halogens is 3. The van der Waals surface area contributed by atoms with E-state index in [0.29, 0.717) is 10.8 Å². The lowest BCUT2D eigenvalue weighted by Gasteiger charge is -2.45. The largest absolute Gasteiger partial charge is 0.573 e. The van der Waals surface area contributed by atoms with Gasteiger partial charge in [-0.1, -0.05) is 6.42 Å². The highest BCUT2D eigenvalue weighted by Crippen LogP contribution is 2.26. The van der Waals surface area contributed by atoms with Crippen LogP contribution in [0.1, 0.15) is 32.1 Å². The maximum atomic E-state index is 12.2. The summed E-state index contributed by atoms with van der Waals surface area (Å²) in [6, 6.07) is 5.55. The summed E-state index contributed by atoms with van der Waals surface area (Å²) in [5.74, 6) is -0.256. The fourth-order valence-electron chi connectivity index (χ4n) is 4.20. The van der Waals surface area contributed by atoms with Gasteiger partial charge in [0.1, 0.15) is 24.4 Å². The highest BCUT2D eigenvalue weighted by molar-refractivity contribution is 7.80. The average Bonchev–Trinajstić information content (AvgIpc) is 2.68. The predicted molar refractivity (Wildman–Crippen MR) is 105 cm³/mol. The molecule has 0 radical (unpaired) electrons. The summed E-state index contributed by atoms with van der Waals surface area (Å²) in [6.07, 6.45) is 1.38. The van der Waals surface area contributed by atoms with Crippen LogP contribution in [-0.2, 0) is 4.74 Å². The molecule has 28 heavy (non-hydrogen) atoms. The summed E-state index contributed by atoms with van der Waals surface area (Å²) in [6.45, 7) is 4.41. The van der Waals surface area contributed by atoms with Crippen molar-refractivity contribution >= 4 is 23.0 Å². The summed E-state index contributed by atoms with van der Waals surface area (Å²) in [5, 5.41) is 6.85. The minimum atomic E-state index is -4.69. The number of nitrogens with one attached hydrogen (secondary N) is 3. The maximum absolute atomic E-state index is 12.2. The number of benzene rings is 1. The lowest BCUT2D eigenvalue weighted by molar-refractivity contribution is -0.960. The fourth-order valence-corrected chi connectivity index (χ4v) is 4.39. The molecule has 3 rings (SSSR count). The molecule has 3 N–H and O–H groups in total. The molecule has 1 aromatic rings. The van der Waals surface area contributed by atoms with Gasteiger partial charge in [-0.15, -0.1) is 13.2 Å². The molecule has 0 unspecified atom stereocenters. The molecule has 1 saturated heterocycles. The number of hydrogen-bond acceptors (Lipinski definition) is 3. The molecule has 1 heterocycles. The molecular formula is C19H27F3N3O2S+. The summed E-state index contributed by atoms with van der Waals surface area (Å²) >= 11 is 5.41. The van der Waals surface area contributed by atoms with Crippen LogP contribution >= 0.6 is 12.2 Å². The van der Waals surface area contributed by atoms with E-state index in [0.717, 1.165) is 32.8 Å². The molecule has 1 saturated carbocycles. The van der Waals surface area contributed by atoms with Gasteiger partial charge in [0.2, 0.25) is 0 Å². The Balaban J connectivity index is 1.54. The van der Waals surface area contributed by atoms with E-state index in [9.17, 15) is 13.2 Å². The molecule has 9 heteroatoms. The Hall–Kier alpha value is -1.58. The Labute approximate surface area is 168 Å². The first-order valence-corrected chi connectivity index (χ1v) is 10.1. The summed E-state index contributed by atoms with van der Waals surface area (Å²) in [5.41, 5.74) is 0.779. The lowest BCUT2D eigenvalue weighted by Crippen LogP contribution is -3.23. The zero-order valence-corrected chi connectivity index (χ0v) is 16.6. The van der Waals surface area contributed by atoms with Crippen LogP contribution in [0.15, 0.2) is 24.3 Å². The first kappa shape index (κ1) is 21.1. The second kappa shape index (κ2) is 9.28. The van der Waals surface area contributed by atoms with Crippen molar-refractivity contribution in [3.8, 4) is 5.75 Å². The van der Waals surface area contributed by atoms with Crippen molar-refractivity contribution in [2.45, 2.75) is 44.0 Å². The third-order valence-electron chi connectivity index (χ3n) is 5.59. The maximum Gasteiger partial charge on any atom is 0.573 e. The van der Waals surface area contributed by atoms with Gasteiger partial charge in [0, 0.05) is 18.5 Å². The number of hydrogen-bond donors (Lipinski definition) is 3. The predicted octanol–water partition coefficient (Wildman–Crippen LogP) is 2.49. The van der Waals surface area contributed by atoms with Crippen LogP contribution in [0.25, 0.3) is 0 Å². The third kappa shape index (κ3) is 5.96. The Kier molecular flexibility index (Phi) is 7.00. The van der Waals surface area contributed by atoms with E-state index in [1.54, 1.807) is 4.90 Å².